The molecule has 3 aromatic carbocycles. The monoisotopic (exact) mass is 1310 g/mol. The van der Waals surface area contributed by atoms with E-state index < -0.39 is 58.9 Å². The Morgan fingerprint density at radius 1 is 0.609 bits per heavy atom. The van der Waals surface area contributed by atoms with Crippen LogP contribution in [-0.2, 0) is 48.1 Å². The van der Waals surface area contributed by atoms with Crippen molar-refractivity contribution in [3.8, 4) is 5.75 Å². The van der Waals surface area contributed by atoms with Crippen molar-refractivity contribution in [2.75, 3.05) is 110 Å². The third-order valence-corrected chi connectivity index (χ3v) is 15.4. The van der Waals surface area contributed by atoms with Gasteiger partial charge < -0.3 is 68.9 Å². The van der Waals surface area contributed by atoms with Crippen molar-refractivity contribution in [2.45, 2.75) is 183 Å². The van der Waals surface area contributed by atoms with Gasteiger partial charge in [-0.25, -0.2) is 28.4 Å². The summed E-state index contributed by atoms with van der Waals surface area (Å²) in [5.74, 6) is -0.0976. The zero-order chi connectivity index (χ0) is 67.7. The summed E-state index contributed by atoms with van der Waals surface area (Å²) in [6.07, 6.45) is 2.08. The third-order valence-electron chi connectivity index (χ3n) is 15.2. The Morgan fingerprint density at radius 3 is 1.68 bits per heavy atom. The normalized spacial score (nSPS) is 14.8. The van der Waals surface area contributed by atoms with Crippen molar-refractivity contribution in [1.82, 2.24) is 40.0 Å². The number of amides is 6. The summed E-state index contributed by atoms with van der Waals surface area (Å²) in [5.41, 5.74) is 0.468. The van der Waals surface area contributed by atoms with Crippen LogP contribution in [0, 0.1) is 11.7 Å². The second-order valence-electron chi connectivity index (χ2n) is 27.7. The molecule has 2 saturated heterocycles. The van der Waals surface area contributed by atoms with Gasteiger partial charge in [0.15, 0.2) is 0 Å². The fraction of sp³-hybridized carbons (Fsp3) is 0.652. The number of anilines is 1. The van der Waals surface area contributed by atoms with E-state index in [1.54, 1.807) is 52.5 Å². The number of piperidine rings is 1. The maximum absolute atomic E-state index is 15.0. The number of piperazine rings is 1. The number of alkyl carbamates (subject to hydrolysis) is 2. The molecule has 23 heteroatoms. The lowest BCUT2D eigenvalue weighted by Crippen LogP contribution is -2.58. The van der Waals surface area contributed by atoms with Crippen LogP contribution in [0.3, 0.4) is 0 Å². The van der Waals surface area contributed by atoms with Gasteiger partial charge in [-0.15, -0.1) is 0 Å². The molecule has 0 unspecified atom stereocenters. The van der Waals surface area contributed by atoms with Crippen LogP contribution in [0.2, 0.25) is 5.02 Å². The van der Waals surface area contributed by atoms with Gasteiger partial charge in [-0.2, -0.15) is 0 Å². The fourth-order valence-electron chi connectivity index (χ4n) is 10.7. The van der Waals surface area contributed by atoms with E-state index in [2.05, 4.69) is 25.8 Å². The smallest absolute Gasteiger partial charge is 0.410 e. The van der Waals surface area contributed by atoms with Gasteiger partial charge in [0, 0.05) is 108 Å². The highest BCUT2D eigenvalue weighted by Crippen LogP contribution is 2.28. The van der Waals surface area contributed by atoms with Crippen LogP contribution in [0.15, 0.2) is 66.7 Å². The Morgan fingerprint density at radius 2 is 1.14 bits per heavy atom. The second kappa shape index (κ2) is 36.6. The molecule has 0 saturated carbocycles. The van der Waals surface area contributed by atoms with E-state index in [0.717, 1.165) is 23.4 Å². The Balaban J connectivity index is 1.15. The summed E-state index contributed by atoms with van der Waals surface area (Å²) in [5, 5.41) is 9.92. The first-order valence-corrected chi connectivity index (χ1v) is 33.3. The molecule has 3 N–H and O–H groups in total. The molecule has 21 nitrogen and oxygen atoms in total. The van der Waals surface area contributed by atoms with Crippen molar-refractivity contribution in [3.05, 3.63) is 94.3 Å². The van der Waals surface area contributed by atoms with Crippen molar-refractivity contribution < 1.29 is 61.6 Å². The van der Waals surface area contributed by atoms with Gasteiger partial charge in [-0.3, -0.25) is 9.69 Å². The molecule has 514 valence electrons. The zero-order valence-electron chi connectivity index (χ0n) is 57.2. The molecule has 92 heavy (non-hydrogen) atoms. The van der Waals surface area contributed by atoms with Gasteiger partial charge in [0.1, 0.15) is 46.6 Å². The number of likely N-dealkylation sites (tertiary alicyclic amines) is 1. The number of rotatable bonds is 30. The topological polar surface area (TPSA) is 213 Å². The molecule has 0 aromatic heterocycles. The highest BCUT2D eigenvalue weighted by molar-refractivity contribution is 6.30. The minimum Gasteiger partial charge on any atom is -0.493 e. The molecule has 2 aliphatic rings. The number of ether oxygens (including phenoxy) is 6. The van der Waals surface area contributed by atoms with Gasteiger partial charge in [-0.05, 0) is 202 Å². The van der Waals surface area contributed by atoms with Crippen LogP contribution in [0.5, 0.6) is 5.75 Å². The third kappa shape index (κ3) is 28.6. The molecule has 0 aliphatic carbocycles. The Labute approximate surface area is 551 Å². The van der Waals surface area contributed by atoms with Crippen LogP contribution < -0.4 is 20.7 Å². The zero-order valence-corrected chi connectivity index (χ0v) is 58.0. The summed E-state index contributed by atoms with van der Waals surface area (Å²) in [6.45, 7) is 31.4. The van der Waals surface area contributed by atoms with Crippen molar-refractivity contribution in [3.63, 3.8) is 0 Å². The molecule has 5 rings (SSSR count). The predicted octanol–water partition coefficient (Wildman–Crippen LogP) is 12.4. The number of carbonyl (C=O) groups is 6. The minimum atomic E-state index is -0.793. The minimum absolute atomic E-state index is 0.0701. The molecule has 2 fully saturated rings. The summed E-state index contributed by atoms with van der Waals surface area (Å²) >= 11 is 6.62. The van der Waals surface area contributed by atoms with Crippen LogP contribution in [-0.4, -0.2) is 199 Å². The Kier molecular flexibility index (Phi) is 30.2. The number of hydrogen-bond acceptors (Lipinski definition) is 15. The molecule has 1 atom stereocenters. The highest BCUT2D eigenvalue weighted by atomic mass is 35.5. The fourth-order valence-corrected chi connectivity index (χ4v) is 10.9. The molecule has 0 spiro atoms. The van der Waals surface area contributed by atoms with Crippen LogP contribution in [0.1, 0.15) is 152 Å². The molecule has 0 bridgehead atoms. The molecule has 2 aliphatic heterocycles. The summed E-state index contributed by atoms with van der Waals surface area (Å²) in [6, 6.07) is 19.3. The molecular weight excluding hydrogens is 1200 g/mol. The first-order chi connectivity index (χ1) is 43.3. The van der Waals surface area contributed by atoms with Gasteiger partial charge >= 0.3 is 30.5 Å². The molecule has 2 heterocycles. The molecular formula is C69H107ClFN9O12. The predicted molar refractivity (Wildman–Crippen MR) is 357 cm³/mol. The summed E-state index contributed by atoms with van der Waals surface area (Å²) in [4.78, 5) is 92.2. The number of nitrogens with one attached hydrogen (secondary N) is 3. The number of nitrogens with zero attached hydrogens (tertiary/aromatic N) is 6. The molecule has 3 aromatic rings. The molecule has 0 radical (unpaired) electrons. The molecule has 6 amide bonds. The van der Waals surface area contributed by atoms with E-state index in [4.69, 9.17) is 40.0 Å². The van der Waals surface area contributed by atoms with E-state index in [0.29, 0.717) is 172 Å². The number of benzene rings is 3. The Bertz CT molecular complexity index is 2790. The average Bonchev–Trinajstić information content (AvgIpc) is 0.926. The maximum Gasteiger partial charge on any atom is 0.410 e. The van der Waals surface area contributed by atoms with Crippen molar-refractivity contribution in [2.24, 2.45) is 5.92 Å². The van der Waals surface area contributed by atoms with Crippen LogP contribution in [0.25, 0.3) is 0 Å². The van der Waals surface area contributed by atoms with Gasteiger partial charge in [-0.1, -0.05) is 48.0 Å². The van der Waals surface area contributed by atoms with Crippen molar-refractivity contribution >= 4 is 53.7 Å². The van der Waals surface area contributed by atoms with Crippen molar-refractivity contribution in [1.29, 1.82) is 0 Å². The number of carbonyl (C=O) groups excluding carboxylic acids is 6. The van der Waals surface area contributed by atoms with Gasteiger partial charge in [0.05, 0.1) is 6.61 Å². The second-order valence-corrected chi connectivity index (χ2v) is 28.1. The standard InChI is InChI=1S/C69H107ClFN9O12/c1-14-87-58-27-20-26-56(71)55(58)49-76-44-46-77(47-45-76)60(81)59(74-62(83)88-50-51-24-16-15-17-25-51)52-30-41-75(42-31-52)43-32-53-48-54(70)28-29-57(53)72-33-21-37-80(65(86)92-69(11,12)13)40-23-39-79(64(85)91-68(8,9)10)36-19-18-35-78(63(84)90-67(5,6)7)38-22-34-73-61(82)89-66(2,3)4/h15-17,20,24-29,48,52,59,72H,14,18-19,21-23,30-47,49-50H2,1-13H3,(H,73,82)(H,74,83)/t59-/m1/s1. The van der Waals surface area contributed by atoms with E-state index in [9.17, 15) is 28.8 Å². The largest absolute Gasteiger partial charge is 0.493 e. The Hall–Kier alpha value is -6.78. The van der Waals surface area contributed by atoms with Gasteiger partial charge in [0.2, 0.25) is 5.91 Å². The lowest BCUT2D eigenvalue weighted by molar-refractivity contribution is -0.137. The SMILES string of the molecule is CCOc1cccc(F)c1CN1CCN(C(=O)[C@H](NC(=O)OCc2ccccc2)C2CCN(CCc3cc(Cl)ccc3NCCCN(CCCN(CCCCN(CCCNC(=O)OC(C)(C)C)C(=O)OC(C)(C)C)C(=O)OC(C)(C)C)C(=O)OC(C)(C)C)CC2)CC1. The lowest BCUT2D eigenvalue weighted by Gasteiger charge is -2.40. The van der Waals surface area contributed by atoms with E-state index in [1.165, 1.54) is 6.07 Å². The number of unbranched alkanes of at least 4 members (excludes halogenated alkanes) is 1. The first-order valence-electron chi connectivity index (χ1n) is 32.9. The quantitative estimate of drug-likeness (QED) is 0.0418. The average molecular weight is 1310 g/mol. The van der Waals surface area contributed by atoms with E-state index in [1.807, 2.05) is 118 Å². The lowest BCUT2D eigenvalue weighted by atomic mass is 9.88. The van der Waals surface area contributed by atoms with Crippen LogP contribution >= 0.6 is 11.6 Å². The summed E-state index contributed by atoms with van der Waals surface area (Å²) in [7, 11) is 0. The number of halogens is 2. The number of hydrogen-bond donors (Lipinski definition) is 3. The van der Waals surface area contributed by atoms with E-state index >= 15 is 4.39 Å². The maximum atomic E-state index is 15.0. The van der Waals surface area contributed by atoms with Crippen LogP contribution in [0.4, 0.5) is 34.1 Å². The summed E-state index contributed by atoms with van der Waals surface area (Å²) < 4.78 is 49.1. The highest BCUT2D eigenvalue weighted by Gasteiger charge is 2.37. The van der Waals surface area contributed by atoms with Gasteiger partial charge in [0.25, 0.3) is 0 Å². The van der Waals surface area contributed by atoms with E-state index in [-0.39, 0.29) is 24.2 Å². The first kappa shape index (κ1) is 75.9.